The first-order valence-corrected chi connectivity index (χ1v) is 12.4. The van der Waals surface area contributed by atoms with Crippen LogP contribution in [-0.4, -0.2) is 23.3 Å². The first kappa shape index (κ1) is 25.2. The fraction of sp³-hybridized carbons (Fsp3) is 0.161. The van der Waals surface area contributed by atoms with Gasteiger partial charge in [0.15, 0.2) is 0 Å². The van der Waals surface area contributed by atoms with Crippen LogP contribution in [0.2, 0.25) is 5.02 Å². The molecule has 0 aliphatic rings. The van der Waals surface area contributed by atoms with E-state index in [1.54, 1.807) is 17.0 Å². The van der Waals surface area contributed by atoms with Crippen molar-refractivity contribution in [3.63, 3.8) is 0 Å². The summed E-state index contributed by atoms with van der Waals surface area (Å²) in [5, 5.41) is 3.69. The highest BCUT2D eigenvalue weighted by Crippen LogP contribution is 2.25. The van der Waals surface area contributed by atoms with Gasteiger partial charge >= 0.3 is 0 Å². The SMILES string of the molecule is O=C(NCCc1ccccc1)C(c1ccccc1)N(Cc1ccccc1)C(=O)Cc1ccc(Cl)cc1. The number of hydrogen-bond donors (Lipinski definition) is 1. The molecule has 4 aromatic rings. The minimum absolute atomic E-state index is 0.131. The molecule has 0 saturated heterocycles. The second-order valence-electron chi connectivity index (χ2n) is 8.65. The molecule has 4 nitrogen and oxygen atoms in total. The van der Waals surface area contributed by atoms with Gasteiger partial charge in [0.2, 0.25) is 11.8 Å². The summed E-state index contributed by atoms with van der Waals surface area (Å²) in [5.41, 5.74) is 3.72. The van der Waals surface area contributed by atoms with Gasteiger partial charge in [-0.2, -0.15) is 0 Å². The predicted molar refractivity (Wildman–Crippen MR) is 144 cm³/mol. The van der Waals surface area contributed by atoms with E-state index >= 15 is 0 Å². The van der Waals surface area contributed by atoms with Crippen LogP contribution in [0.25, 0.3) is 0 Å². The molecule has 4 aromatic carbocycles. The Hall–Kier alpha value is -3.89. The summed E-state index contributed by atoms with van der Waals surface area (Å²) in [5.74, 6) is -0.328. The van der Waals surface area contributed by atoms with Gasteiger partial charge in [0.25, 0.3) is 0 Å². The van der Waals surface area contributed by atoms with E-state index < -0.39 is 6.04 Å². The molecular weight excluding hydrogens is 468 g/mol. The largest absolute Gasteiger partial charge is 0.354 e. The lowest BCUT2D eigenvalue weighted by Crippen LogP contribution is -2.44. The van der Waals surface area contributed by atoms with Crippen LogP contribution in [-0.2, 0) is 29.0 Å². The van der Waals surface area contributed by atoms with Crippen molar-refractivity contribution in [1.29, 1.82) is 0 Å². The average molecular weight is 497 g/mol. The zero-order valence-electron chi connectivity index (χ0n) is 20.0. The molecule has 0 bridgehead atoms. The first-order chi connectivity index (χ1) is 17.6. The highest BCUT2D eigenvalue weighted by Gasteiger charge is 2.31. The number of nitrogens with one attached hydrogen (secondary N) is 1. The van der Waals surface area contributed by atoms with Gasteiger partial charge in [-0.15, -0.1) is 0 Å². The molecule has 0 spiro atoms. The maximum atomic E-state index is 13.7. The monoisotopic (exact) mass is 496 g/mol. The Bertz CT molecular complexity index is 1250. The van der Waals surface area contributed by atoms with Crippen LogP contribution in [0.3, 0.4) is 0 Å². The van der Waals surface area contributed by atoms with Gasteiger partial charge in [-0.3, -0.25) is 9.59 Å². The number of amides is 2. The number of hydrogen-bond acceptors (Lipinski definition) is 2. The molecule has 0 saturated carbocycles. The van der Waals surface area contributed by atoms with Gasteiger partial charge in [0, 0.05) is 18.1 Å². The van der Waals surface area contributed by atoms with E-state index in [0.717, 1.165) is 22.3 Å². The lowest BCUT2D eigenvalue weighted by molar-refractivity contribution is -0.141. The summed E-state index contributed by atoms with van der Waals surface area (Å²) >= 11 is 6.03. The topological polar surface area (TPSA) is 49.4 Å². The Morgan fingerprint density at radius 3 is 1.86 bits per heavy atom. The van der Waals surface area contributed by atoms with Crippen molar-refractivity contribution in [1.82, 2.24) is 10.2 Å². The van der Waals surface area contributed by atoms with Crippen molar-refractivity contribution in [2.45, 2.75) is 25.4 Å². The van der Waals surface area contributed by atoms with Gasteiger partial charge in [-0.25, -0.2) is 0 Å². The Kier molecular flexibility index (Phi) is 8.90. The zero-order valence-corrected chi connectivity index (χ0v) is 20.8. The van der Waals surface area contributed by atoms with Crippen LogP contribution in [0.5, 0.6) is 0 Å². The molecule has 36 heavy (non-hydrogen) atoms. The second kappa shape index (κ2) is 12.7. The van der Waals surface area contributed by atoms with Crippen molar-refractivity contribution in [2.75, 3.05) is 6.54 Å². The average Bonchev–Trinajstić information content (AvgIpc) is 2.91. The molecular formula is C31H29ClN2O2. The van der Waals surface area contributed by atoms with E-state index in [1.807, 2.05) is 103 Å². The van der Waals surface area contributed by atoms with Crippen molar-refractivity contribution < 1.29 is 9.59 Å². The molecule has 0 fully saturated rings. The molecule has 1 unspecified atom stereocenters. The molecule has 4 rings (SSSR count). The van der Waals surface area contributed by atoms with E-state index in [2.05, 4.69) is 5.32 Å². The first-order valence-electron chi connectivity index (χ1n) is 12.0. The van der Waals surface area contributed by atoms with Crippen LogP contribution >= 0.6 is 11.6 Å². The van der Waals surface area contributed by atoms with Crippen molar-refractivity contribution in [3.05, 3.63) is 143 Å². The van der Waals surface area contributed by atoms with E-state index in [9.17, 15) is 9.59 Å². The maximum absolute atomic E-state index is 13.7. The molecule has 1 atom stereocenters. The normalized spacial score (nSPS) is 11.5. The number of nitrogens with zero attached hydrogens (tertiary/aromatic N) is 1. The Balaban J connectivity index is 1.61. The standard InChI is InChI=1S/C31H29ClN2O2/c32-28-18-16-25(17-19-28)22-29(35)34(23-26-12-6-2-7-13-26)30(27-14-8-3-9-15-27)31(36)33-21-20-24-10-4-1-5-11-24/h1-19,30H,20-23H2,(H,33,36). The third-order valence-corrected chi connectivity index (χ3v) is 6.27. The molecule has 1 N–H and O–H groups in total. The zero-order chi connectivity index (χ0) is 25.2. The van der Waals surface area contributed by atoms with E-state index in [1.165, 1.54) is 0 Å². The second-order valence-corrected chi connectivity index (χ2v) is 9.09. The fourth-order valence-electron chi connectivity index (χ4n) is 4.16. The molecule has 2 amide bonds. The van der Waals surface area contributed by atoms with Crippen LogP contribution in [0, 0.1) is 0 Å². The van der Waals surface area contributed by atoms with Crippen molar-refractivity contribution in [3.8, 4) is 0 Å². The fourth-order valence-corrected chi connectivity index (χ4v) is 4.29. The number of carbonyl (C=O) groups is 2. The van der Waals surface area contributed by atoms with Crippen LogP contribution in [0.1, 0.15) is 28.3 Å². The third kappa shape index (κ3) is 7.06. The lowest BCUT2D eigenvalue weighted by atomic mass is 10.0. The van der Waals surface area contributed by atoms with Crippen LogP contribution in [0.15, 0.2) is 115 Å². The summed E-state index contributed by atoms with van der Waals surface area (Å²) in [4.78, 5) is 29.1. The molecule has 0 aliphatic carbocycles. The van der Waals surface area contributed by atoms with Gasteiger partial charge in [0.1, 0.15) is 6.04 Å². The smallest absolute Gasteiger partial charge is 0.247 e. The minimum atomic E-state index is -0.762. The lowest BCUT2D eigenvalue weighted by Gasteiger charge is -2.32. The number of rotatable bonds is 10. The minimum Gasteiger partial charge on any atom is -0.354 e. The Labute approximate surface area is 217 Å². The van der Waals surface area contributed by atoms with E-state index in [0.29, 0.717) is 24.5 Å². The molecule has 0 heterocycles. The van der Waals surface area contributed by atoms with Gasteiger partial charge in [0.05, 0.1) is 6.42 Å². The molecule has 0 aliphatic heterocycles. The summed E-state index contributed by atoms with van der Waals surface area (Å²) in [6, 6.07) is 35.8. The number of carbonyl (C=O) groups excluding carboxylic acids is 2. The molecule has 0 aromatic heterocycles. The highest BCUT2D eigenvalue weighted by atomic mass is 35.5. The Morgan fingerprint density at radius 1 is 0.694 bits per heavy atom. The maximum Gasteiger partial charge on any atom is 0.247 e. The summed E-state index contributed by atoms with van der Waals surface area (Å²) < 4.78 is 0. The number of halogens is 1. The number of benzene rings is 4. The summed E-state index contributed by atoms with van der Waals surface area (Å²) in [6.45, 7) is 0.801. The summed E-state index contributed by atoms with van der Waals surface area (Å²) in [7, 11) is 0. The van der Waals surface area contributed by atoms with Gasteiger partial charge < -0.3 is 10.2 Å². The predicted octanol–water partition coefficient (Wildman–Crippen LogP) is 6.01. The van der Waals surface area contributed by atoms with E-state index in [4.69, 9.17) is 11.6 Å². The van der Waals surface area contributed by atoms with Gasteiger partial charge in [-0.05, 0) is 40.8 Å². The summed E-state index contributed by atoms with van der Waals surface area (Å²) in [6.07, 6.45) is 0.885. The highest BCUT2D eigenvalue weighted by molar-refractivity contribution is 6.30. The van der Waals surface area contributed by atoms with E-state index in [-0.39, 0.29) is 18.2 Å². The van der Waals surface area contributed by atoms with Crippen LogP contribution < -0.4 is 5.32 Å². The quantitative estimate of drug-likeness (QED) is 0.292. The molecule has 0 radical (unpaired) electrons. The molecule has 182 valence electrons. The third-order valence-electron chi connectivity index (χ3n) is 6.02. The Morgan fingerprint density at radius 2 is 1.25 bits per heavy atom. The van der Waals surface area contributed by atoms with Crippen molar-refractivity contribution >= 4 is 23.4 Å². The van der Waals surface area contributed by atoms with Gasteiger partial charge in [-0.1, -0.05) is 115 Å². The molecule has 5 heteroatoms. The van der Waals surface area contributed by atoms with Crippen LogP contribution in [0.4, 0.5) is 0 Å². The van der Waals surface area contributed by atoms with Crippen molar-refractivity contribution in [2.24, 2.45) is 0 Å².